The van der Waals surface area contributed by atoms with Crippen LogP contribution in [0, 0.1) is 0 Å². The molecule has 0 aromatic heterocycles. The minimum atomic E-state index is -1.23. The van der Waals surface area contributed by atoms with Gasteiger partial charge in [0.15, 0.2) is 12.1 Å². The molecule has 0 radical (unpaired) electrons. The van der Waals surface area contributed by atoms with Crippen molar-refractivity contribution in [3.8, 4) is 0 Å². The van der Waals surface area contributed by atoms with Crippen molar-refractivity contribution in [2.75, 3.05) is 19.8 Å². The van der Waals surface area contributed by atoms with E-state index in [1.165, 1.54) is 0 Å². The minimum absolute atomic E-state index is 0.0217. The van der Waals surface area contributed by atoms with Crippen LogP contribution in [0.3, 0.4) is 0 Å². The zero-order chi connectivity index (χ0) is 36.1. The Balaban J connectivity index is 1.36. The maximum Gasteiger partial charge on any atom is 0.189 e. The molecule has 270 valence electrons. The lowest BCUT2D eigenvalue weighted by atomic mass is 10.0. The van der Waals surface area contributed by atoms with E-state index in [-0.39, 0.29) is 39.6 Å². The van der Waals surface area contributed by atoms with Gasteiger partial charge in [0.1, 0.15) is 31.0 Å². The van der Waals surface area contributed by atoms with E-state index in [2.05, 4.69) is 0 Å². The molecule has 0 unspecified atom stereocenters. The molecule has 0 spiro atoms. The molecular weight excluding hydrogens is 656 g/mol. The van der Waals surface area contributed by atoms with Gasteiger partial charge in [0.05, 0.1) is 46.2 Å². The Kier molecular flexibility index (Phi) is 16.4. The molecule has 0 saturated carbocycles. The Labute approximate surface area is 306 Å². The molecule has 8 nitrogen and oxygen atoms in total. The van der Waals surface area contributed by atoms with Gasteiger partial charge in [-0.3, -0.25) is 4.79 Å². The molecule has 8 heteroatoms. The van der Waals surface area contributed by atoms with Crippen molar-refractivity contribution in [2.45, 2.75) is 57.5 Å². The molecule has 0 N–H and O–H groups in total. The largest absolute Gasteiger partial charge is 0.374 e. The Morgan fingerprint density at radius 1 is 0.462 bits per heavy atom. The van der Waals surface area contributed by atoms with Crippen molar-refractivity contribution in [1.82, 2.24) is 0 Å². The topological polar surface area (TPSA) is 89.5 Å². The van der Waals surface area contributed by atoms with E-state index in [0.29, 0.717) is 19.5 Å². The number of aldehydes is 1. The predicted molar refractivity (Wildman–Crippen MR) is 198 cm³/mol. The van der Waals surface area contributed by atoms with Gasteiger partial charge in [0.2, 0.25) is 0 Å². The summed E-state index contributed by atoms with van der Waals surface area (Å²) in [5.41, 5.74) is 4.66. The van der Waals surface area contributed by atoms with Crippen molar-refractivity contribution in [2.24, 2.45) is 0 Å². The SMILES string of the molecule is O=C[C@H](OCc1ccccc1)[C@@H](OCc1ccccc1)[C@H](OC[C@H](COCc1ccccc1)OCc1ccccc1)C(=O)COCc1ccccc1. The van der Waals surface area contributed by atoms with Crippen LogP contribution >= 0.6 is 0 Å². The maximum absolute atomic E-state index is 14.1. The summed E-state index contributed by atoms with van der Waals surface area (Å²) in [5, 5.41) is 0. The monoisotopic (exact) mass is 702 g/mol. The minimum Gasteiger partial charge on any atom is -0.374 e. The zero-order valence-corrected chi connectivity index (χ0v) is 29.2. The van der Waals surface area contributed by atoms with Gasteiger partial charge >= 0.3 is 0 Å². The summed E-state index contributed by atoms with van der Waals surface area (Å²) in [5.74, 6) is -0.392. The van der Waals surface area contributed by atoms with E-state index >= 15 is 0 Å². The van der Waals surface area contributed by atoms with Crippen LogP contribution in [0.5, 0.6) is 0 Å². The van der Waals surface area contributed by atoms with E-state index in [9.17, 15) is 9.59 Å². The first-order valence-corrected chi connectivity index (χ1v) is 17.5. The highest BCUT2D eigenvalue weighted by molar-refractivity contribution is 5.85. The van der Waals surface area contributed by atoms with Crippen LogP contribution in [-0.2, 0) is 71.0 Å². The quantitative estimate of drug-likeness (QED) is 0.0618. The number of rotatable bonds is 24. The first kappa shape index (κ1) is 38.4. The van der Waals surface area contributed by atoms with Crippen molar-refractivity contribution >= 4 is 12.1 Å². The molecule has 0 heterocycles. The second-order valence-electron chi connectivity index (χ2n) is 12.3. The molecule has 0 amide bonds. The first-order valence-electron chi connectivity index (χ1n) is 17.5. The Hall–Kier alpha value is -4.80. The number of Topliss-reactive ketones (excluding diaryl/α,β-unsaturated/α-hetero) is 1. The third-order valence-electron chi connectivity index (χ3n) is 8.21. The Bertz CT molecular complexity index is 1690. The standard InChI is InChI=1S/C44H46O8/c45-26-42(50-30-38-22-12-4-13-23-38)44(51-31-39-24-14-5-15-25-39)43(41(46)34-48-28-36-18-8-2-9-19-36)52-33-40(49-29-37-20-10-3-11-21-37)32-47-27-35-16-6-1-7-17-35/h1-26,40,42-44H,27-34H2/t40-,42-,43+,44+/m0/s1. The molecule has 0 aliphatic carbocycles. The van der Waals surface area contributed by atoms with Gasteiger partial charge in [-0.05, 0) is 27.8 Å². The first-order chi connectivity index (χ1) is 25.7. The lowest BCUT2D eigenvalue weighted by molar-refractivity contribution is -0.176. The van der Waals surface area contributed by atoms with Gasteiger partial charge in [-0.25, -0.2) is 0 Å². The number of carbonyl (C=O) groups excluding carboxylic acids is 2. The van der Waals surface area contributed by atoms with Gasteiger partial charge in [-0.15, -0.1) is 0 Å². The van der Waals surface area contributed by atoms with E-state index in [4.69, 9.17) is 28.4 Å². The fraction of sp³-hybridized carbons (Fsp3) is 0.273. The number of ketones is 1. The van der Waals surface area contributed by atoms with Crippen molar-refractivity contribution in [3.63, 3.8) is 0 Å². The highest BCUT2D eigenvalue weighted by atomic mass is 16.6. The van der Waals surface area contributed by atoms with Crippen LogP contribution in [-0.4, -0.2) is 56.3 Å². The molecule has 4 atom stereocenters. The van der Waals surface area contributed by atoms with Crippen molar-refractivity contribution in [3.05, 3.63) is 179 Å². The summed E-state index contributed by atoms with van der Waals surface area (Å²) >= 11 is 0. The summed E-state index contributed by atoms with van der Waals surface area (Å²) in [4.78, 5) is 26.8. The van der Waals surface area contributed by atoms with Gasteiger partial charge in [0.25, 0.3) is 0 Å². The fourth-order valence-electron chi connectivity index (χ4n) is 5.42. The second kappa shape index (κ2) is 22.2. The average Bonchev–Trinajstić information content (AvgIpc) is 3.20. The second-order valence-corrected chi connectivity index (χ2v) is 12.3. The summed E-state index contributed by atoms with van der Waals surface area (Å²) in [6.45, 7) is 1.09. The summed E-state index contributed by atoms with van der Waals surface area (Å²) < 4.78 is 37.2. The average molecular weight is 703 g/mol. The molecule has 0 saturated heterocycles. The number of carbonyl (C=O) groups is 2. The van der Waals surface area contributed by atoms with Crippen LogP contribution in [0.4, 0.5) is 0 Å². The number of benzene rings is 5. The number of hydrogen-bond acceptors (Lipinski definition) is 8. The molecular formula is C44H46O8. The Morgan fingerprint density at radius 3 is 1.33 bits per heavy atom. The highest BCUT2D eigenvalue weighted by Crippen LogP contribution is 2.19. The van der Waals surface area contributed by atoms with Gasteiger partial charge in [-0.2, -0.15) is 0 Å². The molecule has 5 rings (SSSR count). The van der Waals surface area contributed by atoms with E-state index < -0.39 is 30.2 Å². The lowest BCUT2D eigenvalue weighted by Gasteiger charge is -2.31. The van der Waals surface area contributed by atoms with Gasteiger partial charge < -0.3 is 33.2 Å². The molecule has 5 aromatic carbocycles. The molecule has 0 bridgehead atoms. The number of hydrogen-bond donors (Lipinski definition) is 0. The summed E-state index contributed by atoms with van der Waals surface area (Å²) in [6.07, 6.45) is -3.36. The van der Waals surface area contributed by atoms with Crippen LogP contribution in [0.15, 0.2) is 152 Å². The van der Waals surface area contributed by atoms with Crippen LogP contribution < -0.4 is 0 Å². The Morgan fingerprint density at radius 2 is 0.865 bits per heavy atom. The summed E-state index contributed by atoms with van der Waals surface area (Å²) in [6, 6.07) is 48.3. The molecule has 5 aromatic rings. The third-order valence-corrected chi connectivity index (χ3v) is 8.21. The molecule has 0 aliphatic rings. The van der Waals surface area contributed by atoms with E-state index in [1.807, 2.05) is 152 Å². The van der Waals surface area contributed by atoms with Crippen LogP contribution in [0.1, 0.15) is 27.8 Å². The van der Waals surface area contributed by atoms with Crippen molar-refractivity contribution in [1.29, 1.82) is 0 Å². The summed E-state index contributed by atoms with van der Waals surface area (Å²) in [7, 11) is 0. The molecule has 52 heavy (non-hydrogen) atoms. The number of ether oxygens (including phenoxy) is 6. The maximum atomic E-state index is 14.1. The normalized spacial score (nSPS) is 13.5. The third kappa shape index (κ3) is 13.4. The zero-order valence-electron chi connectivity index (χ0n) is 29.2. The predicted octanol–water partition coefficient (Wildman–Crippen LogP) is 7.33. The van der Waals surface area contributed by atoms with Gasteiger partial charge in [-0.1, -0.05) is 152 Å². The molecule has 0 fully saturated rings. The van der Waals surface area contributed by atoms with E-state index in [1.54, 1.807) is 0 Å². The lowest BCUT2D eigenvalue weighted by Crippen LogP contribution is -2.49. The van der Waals surface area contributed by atoms with Crippen LogP contribution in [0.2, 0.25) is 0 Å². The van der Waals surface area contributed by atoms with Crippen molar-refractivity contribution < 1.29 is 38.0 Å². The molecule has 0 aliphatic heterocycles. The van der Waals surface area contributed by atoms with E-state index in [0.717, 1.165) is 27.8 Å². The highest BCUT2D eigenvalue weighted by Gasteiger charge is 2.38. The smallest absolute Gasteiger partial charge is 0.189 e. The van der Waals surface area contributed by atoms with Gasteiger partial charge in [0, 0.05) is 0 Å². The van der Waals surface area contributed by atoms with Crippen LogP contribution in [0.25, 0.3) is 0 Å². The fourth-order valence-corrected chi connectivity index (χ4v) is 5.42.